The molecule has 180 valence electrons. The Labute approximate surface area is 192 Å². The predicted molar refractivity (Wildman–Crippen MR) is 124 cm³/mol. The van der Waals surface area contributed by atoms with Gasteiger partial charge in [-0.05, 0) is 42.4 Å². The van der Waals surface area contributed by atoms with Crippen molar-refractivity contribution in [3.8, 4) is 11.5 Å². The van der Waals surface area contributed by atoms with E-state index in [4.69, 9.17) is 24.7 Å². The van der Waals surface area contributed by atoms with Crippen molar-refractivity contribution in [1.82, 2.24) is 4.90 Å². The summed E-state index contributed by atoms with van der Waals surface area (Å²) < 4.78 is 23.5. The second-order valence-electron chi connectivity index (χ2n) is 9.89. The molecular formula is C25H40N2O5. The van der Waals surface area contributed by atoms with Gasteiger partial charge in [-0.3, -0.25) is 9.69 Å². The molecule has 0 spiro atoms. The quantitative estimate of drug-likeness (QED) is 0.611. The monoisotopic (exact) mass is 448 g/mol. The van der Waals surface area contributed by atoms with E-state index in [-0.39, 0.29) is 23.9 Å². The average molecular weight is 449 g/mol. The summed E-state index contributed by atoms with van der Waals surface area (Å²) in [6, 6.07) is 3.43. The van der Waals surface area contributed by atoms with Gasteiger partial charge < -0.3 is 24.7 Å². The van der Waals surface area contributed by atoms with Crippen LogP contribution in [0.4, 0.5) is 0 Å². The van der Waals surface area contributed by atoms with E-state index in [0.717, 1.165) is 31.5 Å². The van der Waals surface area contributed by atoms with E-state index < -0.39 is 11.8 Å². The first kappa shape index (κ1) is 24.8. The van der Waals surface area contributed by atoms with Crippen molar-refractivity contribution in [2.24, 2.45) is 23.5 Å². The molecular weight excluding hydrogens is 408 g/mol. The summed E-state index contributed by atoms with van der Waals surface area (Å²) in [6.45, 7) is 9.96. The molecule has 7 nitrogen and oxygen atoms in total. The molecule has 2 aliphatic heterocycles. The molecule has 0 radical (unpaired) electrons. The Kier molecular flexibility index (Phi) is 7.73. The van der Waals surface area contributed by atoms with E-state index in [1.165, 1.54) is 5.56 Å². The SMILES string of the molecule is COc1cc2c(cc1OC)[C@]1(OC)C[C@@H](OC(=O)C(N)C(C)C)[C@H](CC(C)C)CN1CC2. The number of methoxy groups -OCH3 is 3. The fraction of sp³-hybridized carbons (Fsp3) is 0.720. The van der Waals surface area contributed by atoms with Crippen LogP contribution < -0.4 is 15.2 Å². The number of hydrogen-bond acceptors (Lipinski definition) is 7. The Hall–Kier alpha value is -1.83. The highest BCUT2D eigenvalue weighted by Crippen LogP contribution is 2.48. The van der Waals surface area contributed by atoms with Crippen molar-refractivity contribution in [2.75, 3.05) is 34.4 Å². The zero-order chi connectivity index (χ0) is 23.6. The summed E-state index contributed by atoms with van der Waals surface area (Å²) in [7, 11) is 5.03. The van der Waals surface area contributed by atoms with Gasteiger partial charge in [-0.2, -0.15) is 0 Å². The van der Waals surface area contributed by atoms with Crippen LogP contribution in [0.3, 0.4) is 0 Å². The van der Waals surface area contributed by atoms with Crippen LogP contribution in [0.15, 0.2) is 12.1 Å². The summed E-state index contributed by atoms with van der Waals surface area (Å²) >= 11 is 0. The van der Waals surface area contributed by atoms with Gasteiger partial charge in [0.1, 0.15) is 12.1 Å². The van der Waals surface area contributed by atoms with Crippen molar-refractivity contribution in [3.05, 3.63) is 23.3 Å². The van der Waals surface area contributed by atoms with Gasteiger partial charge in [0.15, 0.2) is 17.2 Å². The van der Waals surface area contributed by atoms with Crippen LogP contribution in [0.1, 0.15) is 51.7 Å². The number of rotatable bonds is 8. The van der Waals surface area contributed by atoms with Gasteiger partial charge in [0.25, 0.3) is 0 Å². The Morgan fingerprint density at radius 3 is 2.38 bits per heavy atom. The first-order valence-corrected chi connectivity index (χ1v) is 11.7. The summed E-state index contributed by atoms with van der Waals surface area (Å²) in [6.07, 6.45) is 2.16. The lowest BCUT2D eigenvalue weighted by atomic mass is 9.76. The molecule has 1 aromatic rings. The topological polar surface area (TPSA) is 83.2 Å². The molecule has 1 fully saturated rings. The van der Waals surface area contributed by atoms with Crippen molar-refractivity contribution in [3.63, 3.8) is 0 Å². The highest BCUT2D eigenvalue weighted by atomic mass is 16.6. The molecule has 2 aliphatic rings. The van der Waals surface area contributed by atoms with Crippen LogP contribution >= 0.6 is 0 Å². The third-order valence-electron chi connectivity index (χ3n) is 7.02. The fourth-order valence-electron chi connectivity index (χ4n) is 5.21. The summed E-state index contributed by atoms with van der Waals surface area (Å²) in [5.41, 5.74) is 7.66. The maximum atomic E-state index is 12.8. The average Bonchev–Trinajstić information content (AvgIpc) is 2.77. The largest absolute Gasteiger partial charge is 0.493 e. The van der Waals surface area contributed by atoms with Crippen molar-refractivity contribution in [1.29, 1.82) is 0 Å². The number of benzene rings is 1. The van der Waals surface area contributed by atoms with Gasteiger partial charge in [-0.15, -0.1) is 0 Å². The Morgan fingerprint density at radius 1 is 1.16 bits per heavy atom. The van der Waals surface area contributed by atoms with E-state index >= 15 is 0 Å². The van der Waals surface area contributed by atoms with Crippen LogP contribution in [0.5, 0.6) is 11.5 Å². The van der Waals surface area contributed by atoms with Crippen LogP contribution in [0.25, 0.3) is 0 Å². The molecule has 3 rings (SSSR count). The highest BCUT2D eigenvalue weighted by molar-refractivity contribution is 5.76. The van der Waals surface area contributed by atoms with Gasteiger partial charge >= 0.3 is 5.97 Å². The molecule has 0 saturated carbocycles. The molecule has 2 heterocycles. The lowest BCUT2D eigenvalue weighted by Crippen LogP contribution is -2.61. The normalized spacial score (nSPS) is 26.4. The first-order chi connectivity index (χ1) is 15.2. The fourth-order valence-corrected chi connectivity index (χ4v) is 5.21. The van der Waals surface area contributed by atoms with Crippen LogP contribution in [0.2, 0.25) is 0 Å². The minimum atomic E-state index is -0.687. The molecule has 2 N–H and O–H groups in total. The number of nitrogens with zero attached hydrogens (tertiary/aromatic N) is 1. The van der Waals surface area contributed by atoms with Crippen LogP contribution in [-0.4, -0.2) is 57.4 Å². The number of carbonyl (C=O) groups is 1. The zero-order valence-corrected chi connectivity index (χ0v) is 20.6. The molecule has 4 atom stereocenters. The van der Waals surface area contributed by atoms with Crippen LogP contribution in [-0.2, 0) is 26.4 Å². The first-order valence-electron chi connectivity index (χ1n) is 11.7. The number of piperidine rings is 1. The number of esters is 1. The maximum Gasteiger partial charge on any atom is 0.323 e. The number of fused-ring (bicyclic) bond motifs is 3. The molecule has 0 aliphatic carbocycles. The van der Waals surface area contributed by atoms with E-state index in [2.05, 4.69) is 18.7 Å². The Morgan fingerprint density at radius 2 is 1.81 bits per heavy atom. The lowest BCUT2D eigenvalue weighted by molar-refractivity contribution is -0.218. The van der Waals surface area contributed by atoms with Crippen molar-refractivity contribution >= 4 is 5.97 Å². The van der Waals surface area contributed by atoms with Gasteiger partial charge in [-0.25, -0.2) is 0 Å². The molecule has 32 heavy (non-hydrogen) atoms. The lowest BCUT2D eigenvalue weighted by Gasteiger charge is -2.54. The Balaban J connectivity index is 2.01. The molecule has 1 unspecified atom stereocenters. The van der Waals surface area contributed by atoms with E-state index in [9.17, 15) is 4.79 Å². The van der Waals surface area contributed by atoms with Crippen LogP contribution in [0, 0.1) is 17.8 Å². The van der Waals surface area contributed by atoms with E-state index in [1.54, 1.807) is 21.3 Å². The Bertz CT molecular complexity index is 812. The summed E-state index contributed by atoms with van der Waals surface area (Å²) in [4.78, 5) is 15.2. The standard InChI is InChI=1S/C25H40N2O5/c1-15(2)10-18-14-27-9-8-17-11-20(29-5)21(30-6)12-19(17)25(27,31-7)13-22(18)32-24(28)23(26)16(3)4/h11-12,15-16,18,22-23H,8-10,13-14,26H2,1-7H3/t18-,22-,23?,25-/m1/s1. The van der Waals surface area contributed by atoms with Gasteiger partial charge in [0, 0.05) is 38.1 Å². The smallest absolute Gasteiger partial charge is 0.323 e. The minimum absolute atomic E-state index is 0.0228. The van der Waals surface area contributed by atoms with Gasteiger partial charge in [0.2, 0.25) is 0 Å². The van der Waals surface area contributed by atoms with E-state index in [1.807, 2.05) is 26.0 Å². The van der Waals surface area contributed by atoms with Gasteiger partial charge in [0.05, 0.1) is 14.2 Å². The molecule has 7 heteroatoms. The number of ether oxygens (including phenoxy) is 4. The highest BCUT2D eigenvalue weighted by Gasteiger charge is 2.52. The summed E-state index contributed by atoms with van der Waals surface area (Å²) in [5.74, 6) is 1.80. The zero-order valence-electron chi connectivity index (χ0n) is 20.6. The molecule has 0 amide bonds. The second kappa shape index (κ2) is 9.98. The third-order valence-corrected chi connectivity index (χ3v) is 7.02. The molecule has 1 aromatic carbocycles. The molecule has 0 bridgehead atoms. The maximum absolute atomic E-state index is 12.8. The number of nitrogens with two attached hydrogens (primary N) is 1. The molecule has 0 aromatic heterocycles. The number of carbonyl (C=O) groups excluding carboxylic acids is 1. The van der Waals surface area contributed by atoms with Crippen molar-refractivity contribution in [2.45, 2.75) is 64.8 Å². The number of hydrogen-bond donors (Lipinski definition) is 1. The minimum Gasteiger partial charge on any atom is -0.493 e. The van der Waals surface area contributed by atoms with E-state index in [0.29, 0.717) is 23.8 Å². The summed E-state index contributed by atoms with van der Waals surface area (Å²) in [5, 5.41) is 0. The third kappa shape index (κ3) is 4.61. The van der Waals surface area contributed by atoms with Crippen molar-refractivity contribution < 1.29 is 23.7 Å². The predicted octanol–water partition coefficient (Wildman–Crippen LogP) is 3.32. The second-order valence-corrected chi connectivity index (χ2v) is 9.89. The molecule has 1 saturated heterocycles. The van der Waals surface area contributed by atoms with Gasteiger partial charge in [-0.1, -0.05) is 27.7 Å².